The van der Waals surface area contributed by atoms with Crippen LogP contribution >= 0.6 is 0 Å². The second-order valence-electron chi connectivity index (χ2n) is 6.64. The lowest BCUT2D eigenvalue weighted by molar-refractivity contribution is -0.0336. The van der Waals surface area contributed by atoms with Gasteiger partial charge in [-0.05, 0) is 26.0 Å². The maximum absolute atomic E-state index is 13.0. The average Bonchev–Trinajstić information content (AvgIpc) is 3.07. The largest absolute Gasteiger partial charge is 0.491 e. The molecule has 2 aliphatic heterocycles. The molecule has 0 N–H and O–H groups in total. The van der Waals surface area contributed by atoms with Gasteiger partial charge in [0.05, 0.1) is 23.8 Å². The van der Waals surface area contributed by atoms with Crippen LogP contribution in [0.5, 0.6) is 5.75 Å². The Bertz CT molecular complexity index is 689. The van der Waals surface area contributed by atoms with Crippen LogP contribution in [-0.4, -0.2) is 34.8 Å². The molecule has 1 aliphatic carbocycles. The second kappa shape index (κ2) is 4.19. The van der Waals surface area contributed by atoms with E-state index in [2.05, 4.69) is 5.10 Å². The van der Waals surface area contributed by atoms with Crippen LogP contribution in [0.1, 0.15) is 26.7 Å². The molecule has 2 bridgehead atoms. The third-order valence-electron chi connectivity index (χ3n) is 4.53. The van der Waals surface area contributed by atoms with E-state index in [1.165, 1.54) is 0 Å². The van der Waals surface area contributed by atoms with Gasteiger partial charge in [-0.2, -0.15) is 5.10 Å². The number of aromatic nitrogens is 2. The lowest BCUT2D eigenvalue weighted by Crippen LogP contribution is -2.52. The first-order valence-electron chi connectivity index (χ1n) is 7.41. The van der Waals surface area contributed by atoms with E-state index in [1.54, 1.807) is 0 Å². The molecule has 0 unspecified atom stereocenters. The number of alkyl halides is 1. The first-order chi connectivity index (χ1) is 10.0. The highest BCUT2D eigenvalue weighted by Gasteiger charge is 2.64. The molecular weight excluding hydrogens is 271 g/mol. The SMILES string of the molecule is CC(C)Oc1ccc2cn(C34COC(CF)(C3)C4)nc2c1. The Morgan fingerprint density at radius 1 is 1.43 bits per heavy atom. The summed E-state index contributed by atoms with van der Waals surface area (Å²) in [5.74, 6) is 0.828. The van der Waals surface area contributed by atoms with Gasteiger partial charge in [0, 0.05) is 30.5 Å². The number of rotatable bonds is 4. The highest BCUT2D eigenvalue weighted by atomic mass is 19.1. The number of fused-ring (bicyclic) bond motifs is 2. The Hall–Kier alpha value is -1.62. The molecule has 1 saturated carbocycles. The second-order valence-corrected chi connectivity index (χ2v) is 6.64. The molecule has 0 amide bonds. The summed E-state index contributed by atoms with van der Waals surface area (Å²) in [5, 5.41) is 5.75. The zero-order chi connectivity index (χ0) is 14.7. The third kappa shape index (κ3) is 1.87. The summed E-state index contributed by atoms with van der Waals surface area (Å²) < 4.78 is 26.3. The van der Waals surface area contributed by atoms with E-state index in [1.807, 2.05) is 42.9 Å². The summed E-state index contributed by atoms with van der Waals surface area (Å²) in [7, 11) is 0. The molecule has 1 aromatic heterocycles. The van der Waals surface area contributed by atoms with E-state index in [0.29, 0.717) is 6.61 Å². The minimum Gasteiger partial charge on any atom is -0.491 e. The molecule has 4 nitrogen and oxygen atoms in total. The maximum atomic E-state index is 13.0. The molecule has 21 heavy (non-hydrogen) atoms. The molecule has 5 rings (SSSR count). The molecule has 1 aromatic carbocycles. The first kappa shape index (κ1) is 13.1. The van der Waals surface area contributed by atoms with Crippen LogP contribution < -0.4 is 4.74 Å². The van der Waals surface area contributed by atoms with Gasteiger partial charge >= 0.3 is 0 Å². The van der Waals surface area contributed by atoms with E-state index in [0.717, 1.165) is 29.5 Å². The topological polar surface area (TPSA) is 36.3 Å². The molecule has 3 fully saturated rings. The van der Waals surface area contributed by atoms with Gasteiger partial charge in [-0.15, -0.1) is 0 Å². The van der Waals surface area contributed by atoms with Crippen LogP contribution in [0.2, 0.25) is 0 Å². The van der Waals surface area contributed by atoms with Crippen molar-refractivity contribution in [2.45, 2.75) is 43.9 Å². The number of nitrogens with zero attached hydrogens (tertiary/aromatic N) is 2. The van der Waals surface area contributed by atoms with E-state index in [9.17, 15) is 4.39 Å². The van der Waals surface area contributed by atoms with E-state index < -0.39 is 12.3 Å². The highest BCUT2D eigenvalue weighted by Crippen LogP contribution is 2.56. The van der Waals surface area contributed by atoms with Crippen molar-refractivity contribution in [2.24, 2.45) is 0 Å². The summed E-state index contributed by atoms with van der Waals surface area (Å²) in [5.41, 5.74) is 0.223. The molecular formula is C16H19FN2O2. The molecule has 3 aliphatic rings. The smallest absolute Gasteiger partial charge is 0.121 e. The molecule has 0 spiro atoms. The van der Waals surface area contributed by atoms with Crippen LogP contribution in [0.4, 0.5) is 4.39 Å². The van der Waals surface area contributed by atoms with E-state index >= 15 is 0 Å². The van der Waals surface area contributed by atoms with E-state index in [-0.39, 0.29) is 11.6 Å². The number of hydrogen-bond donors (Lipinski definition) is 0. The summed E-state index contributed by atoms with van der Waals surface area (Å²) >= 11 is 0. The molecule has 112 valence electrons. The van der Waals surface area contributed by atoms with Gasteiger partial charge in [0.1, 0.15) is 18.0 Å². The standard InChI is InChI=1S/C16H19FN2O2/c1-11(2)21-13-4-3-12-6-19(18-14(12)5-13)15-7-16(8-15,9-17)20-10-15/h3-6,11H,7-10H2,1-2H3. The monoisotopic (exact) mass is 290 g/mol. The predicted molar refractivity (Wildman–Crippen MR) is 77.4 cm³/mol. The lowest BCUT2D eigenvalue weighted by Gasteiger charge is -2.42. The van der Waals surface area contributed by atoms with Crippen LogP contribution in [-0.2, 0) is 10.3 Å². The van der Waals surface area contributed by atoms with Crippen LogP contribution in [0.25, 0.3) is 10.9 Å². The van der Waals surface area contributed by atoms with Crippen LogP contribution in [0.3, 0.4) is 0 Å². The minimum absolute atomic E-state index is 0.142. The third-order valence-corrected chi connectivity index (χ3v) is 4.53. The minimum atomic E-state index is -0.538. The molecule has 0 radical (unpaired) electrons. The summed E-state index contributed by atoms with van der Waals surface area (Å²) in [6, 6.07) is 5.94. The Labute approximate surface area is 122 Å². The number of ether oxygens (including phenoxy) is 2. The van der Waals surface area contributed by atoms with Crippen molar-refractivity contribution in [1.82, 2.24) is 9.78 Å². The molecule has 2 aromatic rings. The fraction of sp³-hybridized carbons (Fsp3) is 0.562. The van der Waals surface area contributed by atoms with Crippen molar-refractivity contribution in [3.63, 3.8) is 0 Å². The van der Waals surface area contributed by atoms with Crippen LogP contribution in [0.15, 0.2) is 24.4 Å². The van der Waals surface area contributed by atoms with Crippen molar-refractivity contribution in [3.05, 3.63) is 24.4 Å². The van der Waals surface area contributed by atoms with Crippen molar-refractivity contribution in [2.75, 3.05) is 13.3 Å². The van der Waals surface area contributed by atoms with Crippen molar-refractivity contribution >= 4 is 10.9 Å². The number of halogens is 1. The Morgan fingerprint density at radius 2 is 2.24 bits per heavy atom. The fourth-order valence-corrected chi connectivity index (χ4v) is 3.58. The number of benzene rings is 1. The fourth-order valence-electron chi connectivity index (χ4n) is 3.58. The van der Waals surface area contributed by atoms with Gasteiger partial charge in [0.2, 0.25) is 0 Å². The molecule has 3 heterocycles. The van der Waals surface area contributed by atoms with E-state index in [4.69, 9.17) is 9.47 Å². The normalized spacial score (nSPS) is 30.9. The van der Waals surface area contributed by atoms with Gasteiger partial charge in [-0.3, -0.25) is 4.68 Å². The van der Waals surface area contributed by atoms with Gasteiger partial charge < -0.3 is 9.47 Å². The van der Waals surface area contributed by atoms with Gasteiger partial charge in [0.15, 0.2) is 0 Å². The van der Waals surface area contributed by atoms with Gasteiger partial charge in [-0.1, -0.05) is 0 Å². The van der Waals surface area contributed by atoms with Gasteiger partial charge in [-0.25, -0.2) is 4.39 Å². The van der Waals surface area contributed by atoms with Crippen molar-refractivity contribution in [3.8, 4) is 5.75 Å². The van der Waals surface area contributed by atoms with Crippen molar-refractivity contribution < 1.29 is 13.9 Å². The average molecular weight is 290 g/mol. The zero-order valence-corrected chi connectivity index (χ0v) is 12.3. The summed E-state index contributed by atoms with van der Waals surface area (Å²) in [6.45, 7) is 4.16. The Balaban J connectivity index is 1.66. The van der Waals surface area contributed by atoms with Crippen LogP contribution in [0, 0.1) is 0 Å². The lowest BCUT2D eigenvalue weighted by atomic mass is 9.69. The molecule has 5 heteroatoms. The maximum Gasteiger partial charge on any atom is 0.121 e. The van der Waals surface area contributed by atoms with Gasteiger partial charge in [0.25, 0.3) is 0 Å². The van der Waals surface area contributed by atoms with Crippen molar-refractivity contribution in [1.29, 1.82) is 0 Å². The quantitative estimate of drug-likeness (QED) is 0.868. The Kier molecular flexibility index (Phi) is 2.61. The summed E-state index contributed by atoms with van der Waals surface area (Å²) in [6.07, 6.45) is 3.62. The summed E-state index contributed by atoms with van der Waals surface area (Å²) in [4.78, 5) is 0. The number of hydrogen-bond acceptors (Lipinski definition) is 3. The predicted octanol–water partition coefficient (Wildman–Crippen LogP) is 3.05. The molecule has 0 atom stereocenters. The molecule has 2 saturated heterocycles. The highest BCUT2D eigenvalue weighted by molar-refractivity contribution is 5.79. The zero-order valence-electron chi connectivity index (χ0n) is 12.3. The Morgan fingerprint density at radius 3 is 2.90 bits per heavy atom. The first-order valence-corrected chi connectivity index (χ1v) is 7.41.